The number of aryl methyl sites for hydroxylation is 1. The molecule has 108 valence electrons. The highest BCUT2D eigenvalue weighted by atomic mass is 35.5. The van der Waals surface area contributed by atoms with Crippen molar-refractivity contribution in [3.63, 3.8) is 0 Å². The van der Waals surface area contributed by atoms with E-state index in [1.165, 1.54) is 0 Å². The van der Waals surface area contributed by atoms with Crippen molar-refractivity contribution < 1.29 is 0 Å². The van der Waals surface area contributed by atoms with E-state index in [1.807, 2.05) is 17.8 Å². The van der Waals surface area contributed by atoms with Crippen LogP contribution in [0.2, 0.25) is 5.28 Å². The van der Waals surface area contributed by atoms with Crippen LogP contribution in [0.5, 0.6) is 0 Å². The summed E-state index contributed by atoms with van der Waals surface area (Å²) in [5.41, 5.74) is 1.12. The summed E-state index contributed by atoms with van der Waals surface area (Å²) in [6.07, 6.45) is 7.57. The lowest BCUT2D eigenvalue weighted by Gasteiger charge is -2.07. The first kappa shape index (κ1) is 13.5. The van der Waals surface area contributed by atoms with Crippen LogP contribution in [-0.2, 0) is 13.5 Å². The molecule has 0 spiro atoms. The molecule has 3 rings (SSSR count). The van der Waals surface area contributed by atoms with Gasteiger partial charge in [-0.25, -0.2) is 4.98 Å². The van der Waals surface area contributed by atoms with Crippen LogP contribution in [-0.4, -0.2) is 40.8 Å². The maximum Gasteiger partial charge on any atom is 0.241 e. The van der Waals surface area contributed by atoms with Gasteiger partial charge in [-0.2, -0.15) is 20.1 Å². The summed E-state index contributed by atoms with van der Waals surface area (Å²) in [6.45, 7) is 0.670. The minimum absolute atomic E-state index is 0.136. The molecule has 0 atom stereocenters. The Bertz CT molecular complexity index is 721. The van der Waals surface area contributed by atoms with Crippen LogP contribution >= 0.6 is 11.6 Å². The van der Waals surface area contributed by atoms with Crippen molar-refractivity contribution in [3.05, 3.63) is 42.0 Å². The summed E-state index contributed by atoms with van der Waals surface area (Å²) >= 11 is 5.92. The highest BCUT2D eigenvalue weighted by molar-refractivity contribution is 6.28. The summed E-state index contributed by atoms with van der Waals surface area (Å²) in [5, 5.41) is 7.39. The quantitative estimate of drug-likeness (QED) is 0.759. The van der Waals surface area contributed by atoms with Gasteiger partial charge in [0.05, 0.1) is 0 Å². The summed E-state index contributed by atoms with van der Waals surface area (Å²) in [4.78, 5) is 16.4. The fourth-order valence-corrected chi connectivity index (χ4v) is 2.02. The third kappa shape index (κ3) is 3.16. The first-order valence-corrected chi connectivity index (χ1v) is 6.71. The molecule has 21 heavy (non-hydrogen) atoms. The van der Waals surface area contributed by atoms with Crippen LogP contribution in [0.15, 0.2) is 31.0 Å². The van der Waals surface area contributed by atoms with Crippen molar-refractivity contribution in [1.29, 1.82) is 0 Å². The van der Waals surface area contributed by atoms with E-state index in [0.29, 0.717) is 18.4 Å². The van der Waals surface area contributed by atoms with Crippen LogP contribution < -0.4 is 5.32 Å². The van der Waals surface area contributed by atoms with Gasteiger partial charge in [0, 0.05) is 44.3 Å². The van der Waals surface area contributed by atoms with Gasteiger partial charge < -0.3 is 5.32 Å². The molecule has 0 unspecified atom stereocenters. The first-order chi connectivity index (χ1) is 10.2. The second-order valence-corrected chi connectivity index (χ2v) is 4.66. The molecule has 1 N–H and O–H groups in total. The van der Waals surface area contributed by atoms with Gasteiger partial charge in [-0.15, -0.1) is 0 Å². The molecule has 0 aliphatic rings. The van der Waals surface area contributed by atoms with Gasteiger partial charge in [0.1, 0.15) is 6.33 Å². The van der Waals surface area contributed by atoms with E-state index in [9.17, 15) is 0 Å². The van der Waals surface area contributed by atoms with Crippen LogP contribution in [0.3, 0.4) is 0 Å². The van der Waals surface area contributed by atoms with E-state index >= 15 is 0 Å². The Morgan fingerprint density at radius 2 is 2.14 bits per heavy atom. The molecule has 0 saturated carbocycles. The van der Waals surface area contributed by atoms with Crippen molar-refractivity contribution in [2.75, 3.05) is 11.9 Å². The van der Waals surface area contributed by atoms with E-state index < -0.39 is 0 Å². The first-order valence-electron chi connectivity index (χ1n) is 6.33. The highest BCUT2D eigenvalue weighted by Crippen LogP contribution is 2.09. The molecule has 0 bridgehead atoms. The minimum Gasteiger partial charge on any atom is -0.354 e. The van der Waals surface area contributed by atoms with E-state index in [1.54, 1.807) is 29.5 Å². The molecule has 3 heterocycles. The average Bonchev–Trinajstić information content (AvgIpc) is 3.10. The summed E-state index contributed by atoms with van der Waals surface area (Å²) in [6, 6.07) is 1.97. The van der Waals surface area contributed by atoms with Gasteiger partial charge in [-0.05, 0) is 17.7 Å². The Hall–Kier alpha value is -2.48. The molecule has 0 amide bonds. The second-order valence-electron chi connectivity index (χ2n) is 4.32. The van der Waals surface area contributed by atoms with Crippen molar-refractivity contribution in [2.45, 2.75) is 6.42 Å². The Kier molecular flexibility index (Phi) is 3.78. The lowest BCUT2D eigenvalue weighted by Crippen LogP contribution is -2.12. The zero-order valence-electron chi connectivity index (χ0n) is 11.3. The van der Waals surface area contributed by atoms with Gasteiger partial charge in [-0.3, -0.25) is 9.25 Å². The summed E-state index contributed by atoms with van der Waals surface area (Å²) in [5.74, 6) is 0.858. The molecular formula is C12H13ClN8. The fraction of sp³-hybridized carbons (Fsp3) is 0.250. The number of nitrogens with one attached hydrogen (secondary N) is 1. The Labute approximate surface area is 125 Å². The van der Waals surface area contributed by atoms with Crippen LogP contribution in [0.4, 0.5) is 5.95 Å². The van der Waals surface area contributed by atoms with Gasteiger partial charge >= 0.3 is 0 Å². The molecule has 8 nitrogen and oxygen atoms in total. The van der Waals surface area contributed by atoms with Crippen LogP contribution in [0.1, 0.15) is 5.69 Å². The largest absolute Gasteiger partial charge is 0.354 e. The molecule has 3 aromatic heterocycles. The molecule has 0 aliphatic heterocycles. The molecule has 0 fully saturated rings. The smallest absolute Gasteiger partial charge is 0.241 e. The van der Waals surface area contributed by atoms with Gasteiger partial charge in [0.25, 0.3) is 0 Å². The van der Waals surface area contributed by atoms with Crippen molar-refractivity contribution in [3.8, 4) is 5.95 Å². The van der Waals surface area contributed by atoms with E-state index in [-0.39, 0.29) is 5.28 Å². The monoisotopic (exact) mass is 304 g/mol. The van der Waals surface area contributed by atoms with Crippen molar-refractivity contribution in [2.24, 2.45) is 7.05 Å². The predicted molar refractivity (Wildman–Crippen MR) is 77.4 cm³/mol. The molecule has 0 aromatic carbocycles. The Morgan fingerprint density at radius 1 is 1.24 bits per heavy atom. The zero-order valence-corrected chi connectivity index (χ0v) is 12.1. The third-order valence-corrected chi connectivity index (χ3v) is 3.09. The van der Waals surface area contributed by atoms with Gasteiger partial charge in [0.2, 0.25) is 17.2 Å². The van der Waals surface area contributed by atoms with Crippen LogP contribution in [0, 0.1) is 0 Å². The van der Waals surface area contributed by atoms with E-state index in [2.05, 4.69) is 30.4 Å². The molecule has 3 aromatic rings. The Balaban J connectivity index is 1.69. The molecule has 0 aliphatic carbocycles. The number of imidazole rings is 1. The number of nitrogens with zero attached hydrogens (tertiary/aromatic N) is 7. The number of anilines is 1. The fourth-order valence-electron chi connectivity index (χ4n) is 1.86. The number of halogens is 1. The Morgan fingerprint density at radius 3 is 2.86 bits per heavy atom. The standard InChI is InChI=1S/C12H13ClN8/c1-20-9(3-5-16-20)2-4-15-11-17-10(13)18-12(19-11)21-7-6-14-8-21/h3,5-8H,2,4H2,1H3,(H,15,17,18,19). The van der Waals surface area contributed by atoms with Crippen LogP contribution in [0.25, 0.3) is 5.95 Å². The molecular weight excluding hydrogens is 292 g/mol. The lowest BCUT2D eigenvalue weighted by atomic mass is 10.3. The third-order valence-electron chi connectivity index (χ3n) is 2.92. The normalized spacial score (nSPS) is 10.8. The van der Waals surface area contributed by atoms with Crippen molar-refractivity contribution in [1.82, 2.24) is 34.3 Å². The van der Waals surface area contributed by atoms with Gasteiger partial charge in [0.15, 0.2) is 0 Å². The van der Waals surface area contributed by atoms with E-state index in [0.717, 1.165) is 12.1 Å². The van der Waals surface area contributed by atoms with E-state index in [4.69, 9.17) is 11.6 Å². The SMILES string of the molecule is Cn1nccc1CCNc1nc(Cl)nc(-n2ccnc2)n1. The highest BCUT2D eigenvalue weighted by Gasteiger charge is 2.06. The second kappa shape index (κ2) is 5.88. The minimum atomic E-state index is 0.136. The topological polar surface area (TPSA) is 86.3 Å². The molecule has 0 radical (unpaired) electrons. The zero-order chi connectivity index (χ0) is 14.7. The number of rotatable bonds is 5. The summed E-state index contributed by atoms with van der Waals surface area (Å²) in [7, 11) is 1.91. The van der Waals surface area contributed by atoms with Gasteiger partial charge in [-0.1, -0.05) is 0 Å². The summed E-state index contributed by atoms with van der Waals surface area (Å²) < 4.78 is 3.50. The number of hydrogen-bond acceptors (Lipinski definition) is 6. The maximum absolute atomic E-state index is 5.92. The maximum atomic E-state index is 5.92. The molecule has 0 saturated heterocycles. The predicted octanol–water partition coefficient (Wildman–Crippen LogP) is 1.10. The average molecular weight is 305 g/mol. The number of aromatic nitrogens is 7. The lowest BCUT2D eigenvalue weighted by molar-refractivity contribution is 0.710. The number of hydrogen-bond donors (Lipinski definition) is 1. The molecule has 9 heteroatoms. The van der Waals surface area contributed by atoms with Crippen molar-refractivity contribution >= 4 is 17.5 Å².